The van der Waals surface area contributed by atoms with E-state index >= 15 is 0 Å². The van der Waals surface area contributed by atoms with Crippen molar-refractivity contribution in [3.05, 3.63) is 71.5 Å². The van der Waals surface area contributed by atoms with E-state index < -0.39 is 0 Å². The number of nitrogens with zero attached hydrogens (tertiary/aromatic N) is 3. The molecule has 1 fully saturated rings. The number of carbonyl (C=O) groups excluding carboxylic acids is 1. The van der Waals surface area contributed by atoms with Crippen LogP contribution in [0.25, 0.3) is 22.2 Å². The van der Waals surface area contributed by atoms with Gasteiger partial charge in [0.25, 0.3) is 0 Å². The molecule has 1 aromatic heterocycles. The zero-order valence-corrected chi connectivity index (χ0v) is 18.3. The number of hydrogen-bond acceptors (Lipinski definition) is 6. The number of anilines is 3. The summed E-state index contributed by atoms with van der Waals surface area (Å²) in [5.74, 6) is 0.422. The summed E-state index contributed by atoms with van der Waals surface area (Å²) < 4.78 is 19.1. The van der Waals surface area contributed by atoms with Crippen LogP contribution in [0.1, 0.15) is 22.8 Å². The van der Waals surface area contributed by atoms with E-state index in [1.54, 1.807) is 0 Å². The molecule has 6 rings (SSSR count). The van der Waals surface area contributed by atoms with Crippen LogP contribution in [-0.4, -0.2) is 43.7 Å². The number of piperazine rings is 1. The van der Waals surface area contributed by atoms with Crippen LogP contribution in [-0.2, 0) is 0 Å². The molecule has 7 heteroatoms. The smallest absolute Gasteiger partial charge is 0.196 e. The number of nitrogens with one attached hydrogen (secondary N) is 1. The van der Waals surface area contributed by atoms with E-state index in [1.165, 1.54) is 12.1 Å². The van der Waals surface area contributed by atoms with Crippen molar-refractivity contribution in [2.24, 2.45) is 0 Å². The first kappa shape index (κ1) is 19.8. The highest BCUT2D eigenvalue weighted by Gasteiger charge is 2.34. The molecule has 0 radical (unpaired) electrons. The largest absolute Gasteiger partial charge is 0.385 e. The topological polar surface area (TPSA) is 61.6 Å². The van der Waals surface area contributed by atoms with Gasteiger partial charge in [-0.1, -0.05) is 29.4 Å². The lowest BCUT2D eigenvalue weighted by Gasteiger charge is -2.37. The second-order valence-corrected chi connectivity index (χ2v) is 8.41. The fourth-order valence-electron chi connectivity index (χ4n) is 4.97. The Morgan fingerprint density at radius 3 is 2.42 bits per heavy atom. The van der Waals surface area contributed by atoms with Gasteiger partial charge in [0, 0.05) is 55.2 Å². The van der Waals surface area contributed by atoms with Crippen LogP contribution in [0.2, 0.25) is 0 Å². The van der Waals surface area contributed by atoms with Crippen molar-refractivity contribution in [2.45, 2.75) is 6.92 Å². The molecule has 2 heterocycles. The Balaban J connectivity index is 1.41. The fourth-order valence-corrected chi connectivity index (χ4v) is 4.97. The molecule has 1 N–H and O–H groups in total. The summed E-state index contributed by atoms with van der Waals surface area (Å²) in [4.78, 5) is 18.0. The van der Waals surface area contributed by atoms with E-state index in [2.05, 4.69) is 20.3 Å². The van der Waals surface area contributed by atoms with Crippen LogP contribution in [0.5, 0.6) is 0 Å². The average Bonchev–Trinajstić information content (AvgIpc) is 3.29. The monoisotopic (exact) mass is 442 g/mol. The number of fused-ring (bicyclic) bond motifs is 2. The zero-order chi connectivity index (χ0) is 22.5. The Bertz CT molecular complexity index is 1370. The van der Waals surface area contributed by atoms with E-state index in [9.17, 15) is 9.18 Å². The summed E-state index contributed by atoms with van der Waals surface area (Å²) >= 11 is 0. The third-order valence-corrected chi connectivity index (χ3v) is 6.56. The van der Waals surface area contributed by atoms with Crippen molar-refractivity contribution in [3.8, 4) is 11.3 Å². The van der Waals surface area contributed by atoms with Crippen molar-refractivity contribution in [2.75, 3.05) is 47.8 Å². The Hall–Kier alpha value is -3.87. The highest BCUT2D eigenvalue weighted by atomic mass is 19.1. The molecule has 1 aliphatic heterocycles. The van der Waals surface area contributed by atoms with E-state index in [1.807, 2.05) is 49.4 Å². The number of ketones is 1. The predicted molar refractivity (Wildman–Crippen MR) is 128 cm³/mol. The van der Waals surface area contributed by atoms with Crippen molar-refractivity contribution < 1.29 is 13.7 Å². The van der Waals surface area contributed by atoms with Gasteiger partial charge in [-0.15, -0.1) is 0 Å². The van der Waals surface area contributed by atoms with Crippen molar-refractivity contribution in [3.63, 3.8) is 0 Å². The van der Waals surface area contributed by atoms with Gasteiger partial charge in [-0.3, -0.25) is 4.79 Å². The van der Waals surface area contributed by atoms with Crippen LogP contribution in [0.4, 0.5) is 21.5 Å². The predicted octanol–water partition coefficient (Wildman–Crippen LogP) is 4.94. The Kier molecular flexibility index (Phi) is 4.57. The van der Waals surface area contributed by atoms with Gasteiger partial charge in [0.1, 0.15) is 11.3 Å². The molecule has 0 atom stereocenters. The van der Waals surface area contributed by atoms with Gasteiger partial charge in [-0.2, -0.15) is 0 Å². The van der Waals surface area contributed by atoms with Gasteiger partial charge in [0.15, 0.2) is 11.5 Å². The molecular formula is C26H23FN4O2. The van der Waals surface area contributed by atoms with Crippen LogP contribution in [0.15, 0.2) is 59.1 Å². The summed E-state index contributed by atoms with van der Waals surface area (Å²) in [5.41, 5.74) is 5.58. The first-order valence-corrected chi connectivity index (χ1v) is 11.3. The molecule has 0 unspecified atom stereocenters. The molecule has 0 bridgehead atoms. The zero-order valence-electron chi connectivity index (χ0n) is 18.3. The standard InChI is InChI=1S/C26H23FN4O2/c1-2-28-20-15-21(31-13-11-30(12-14-31)17-9-7-16(27)8-10-17)24-23-22(20)25(32)18-5-3-4-6-19(18)26(23)33-29-24/h3-10,15,28H,2,11-14H2,1H3. The summed E-state index contributed by atoms with van der Waals surface area (Å²) in [6.45, 7) is 5.89. The normalized spacial score (nSPS) is 15.2. The summed E-state index contributed by atoms with van der Waals surface area (Å²) in [6, 6.07) is 16.2. The molecule has 0 saturated carbocycles. The molecule has 0 spiro atoms. The van der Waals surface area contributed by atoms with Crippen LogP contribution in [0, 0.1) is 5.82 Å². The van der Waals surface area contributed by atoms with Crippen LogP contribution >= 0.6 is 0 Å². The van der Waals surface area contributed by atoms with Crippen molar-refractivity contribution in [1.29, 1.82) is 0 Å². The summed E-state index contributed by atoms with van der Waals surface area (Å²) in [7, 11) is 0. The molecule has 0 amide bonds. The minimum Gasteiger partial charge on any atom is -0.385 e. The minimum absolute atomic E-state index is 0.00470. The molecule has 2 aliphatic rings. The number of halogens is 1. The maximum Gasteiger partial charge on any atom is 0.196 e. The first-order chi connectivity index (χ1) is 16.2. The van der Waals surface area contributed by atoms with Gasteiger partial charge < -0.3 is 19.6 Å². The number of aromatic nitrogens is 1. The Morgan fingerprint density at radius 1 is 1.00 bits per heavy atom. The van der Waals surface area contributed by atoms with E-state index in [0.29, 0.717) is 23.4 Å². The highest BCUT2D eigenvalue weighted by Crippen LogP contribution is 2.45. The second-order valence-electron chi connectivity index (χ2n) is 8.41. The molecule has 4 aromatic rings. The van der Waals surface area contributed by atoms with Gasteiger partial charge in [0.05, 0.1) is 16.6 Å². The lowest BCUT2D eigenvalue weighted by molar-refractivity contribution is 0.104. The third kappa shape index (κ3) is 3.07. The molecule has 3 aromatic carbocycles. The lowest BCUT2D eigenvalue weighted by atomic mass is 9.86. The van der Waals surface area contributed by atoms with Crippen molar-refractivity contribution >= 4 is 33.7 Å². The fraction of sp³-hybridized carbons (Fsp3) is 0.231. The lowest BCUT2D eigenvalue weighted by Crippen LogP contribution is -2.46. The van der Waals surface area contributed by atoms with Gasteiger partial charge in [-0.05, 0) is 37.3 Å². The van der Waals surface area contributed by atoms with Gasteiger partial charge in [0.2, 0.25) is 0 Å². The van der Waals surface area contributed by atoms with Crippen molar-refractivity contribution in [1.82, 2.24) is 5.16 Å². The maximum atomic E-state index is 13.4. The molecule has 1 aliphatic carbocycles. The van der Waals surface area contributed by atoms with E-state index in [-0.39, 0.29) is 11.6 Å². The number of carbonyl (C=O) groups is 1. The SMILES string of the molecule is CCNc1cc(N2CCN(c3ccc(F)cc3)CC2)c2noc3c2c1C(=O)c1ccccc1-3. The van der Waals surface area contributed by atoms with Crippen LogP contribution in [0.3, 0.4) is 0 Å². The van der Waals surface area contributed by atoms with E-state index in [4.69, 9.17) is 4.52 Å². The molecule has 166 valence electrons. The van der Waals surface area contributed by atoms with Gasteiger partial charge >= 0.3 is 0 Å². The quantitative estimate of drug-likeness (QED) is 0.426. The number of benzene rings is 3. The Labute approximate surface area is 190 Å². The third-order valence-electron chi connectivity index (χ3n) is 6.56. The Morgan fingerprint density at radius 2 is 1.70 bits per heavy atom. The maximum absolute atomic E-state index is 13.4. The molecule has 1 saturated heterocycles. The first-order valence-electron chi connectivity index (χ1n) is 11.3. The number of hydrogen-bond donors (Lipinski definition) is 1. The highest BCUT2D eigenvalue weighted by molar-refractivity contribution is 6.28. The molecular weight excluding hydrogens is 419 g/mol. The van der Waals surface area contributed by atoms with E-state index in [0.717, 1.165) is 59.7 Å². The molecule has 33 heavy (non-hydrogen) atoms. The summed E-state index contributed by atoms with van der Waals surface area (Å²) in [6.07, 6.45) is 0. The van der Waals surface area contributed by atoms with Gasteiger partial charge in [-0.25, -0.2) is 4.39 Å². The average molecular weight is 442 g/mol. The second kappa shape index (κ2) is 7.62. The molecule has 6 nitrogen and oxygen atoms in total. The minimum atomic E-state index is -0.227. The summed E-state index contributed by atoms with van der Waals surface area (Å²) in [5, 5.41) is 8.61. The van der Waals surface area contributed by atoms with Crippen LogP contribution < -0.4 is 15.1 Å². The number of rotatable bonds is 4.